The number of nitrogens with zero attached hydrogens (tertiary/aromatic N) is 2. The van der Waals surface area contributed by atoms with E-state index in [2.05, 4.69) is 51.7 Å². The van der Waals surface area contributed by atoms with Crippen LogP contribution in [0.5, 0.6) is 0 Å². The lowest BCUT2D eigenvalue weighted by molar-refractivity contribution is 0.0989. The molecule has 0 aliphatic carbocycles. The van der Waals surface area contributed by atoms with E-state index in [9.17, 15) is 0 Å². The average Bonchev–Trinajstić information content (AvgIpc) is 2.74. The van der Waals surface area contributed by atoms with E-state index in [-0.39, 0.29) is 0 Å². The topological polar surface area (TPSA) is 49.4 Å². The molecular weight excluding hydrogens is 276 g/mol. The summed E-state index contributed by atoms with van der Waals surface area (Å²) in [7, 11) is 0. The molecule has 3 heterocycles. The van der Waals surface area contributed by atoms with Gasteiger partial charge in [-0.3, -0.25) is 0 Å². The standard InChI is InChI=1S/C17H20N4O/c1-12-11-22-8-7-21(12)14-4-5-15-16(9-14)19-10-13-3-2-6-18-17(13)20-15/h2-6,9,12,19H,7-8,10-11H2,1H3,(H,18,20). The fourth-order valence-corrected chi connectivity index (χ4v) is 3.09. The van der Waals surface area contributed by atoms with Gasteiger partial charge in [0.15, 0.2) is 0 Å². The van der Waals surface area contributed by atoms with Crippen LogP contribution in [0.2, 0.25) is 0 Å². The molecule has 1 atom stereocenters. The van der Waals surface area contributed by atoms with Crippen molar-refractivity contribution in [3.63, 3.8) is 0 Å². The van der Waals surface area contributed by atoms with Crippen LogP contribution in [0.3, 0.4) is 0 Å². The van der Waals surface area contributed by atoms with E-state index in [0.29, 0.717) is 6.04 Å². The largest absolute Gasteiger partial charge is 0.379 e. The number of fused-ring (bicyclic) bond motifs is 2. The van der Waals surface area contributed by atoms with Gasteiger partial charge in [-0.2, -0.15) is 0 Å². The van der Waals surface area contributed by atoms with Crippen LogP contribution in [0.4, 0.5) is 22.9 Å². The Bertz CT molecular complexity index is 688. The summed E-state index contributed by atoms with van der Waals surface area (Å²) in [5.74, 6) is 0.932. The van der Waals surface area contributed by atoms with Crippen LogP contribution in [0.15, 0.2) is 36.5 Å². The maximum atomic E-state index is 5.53. The van der Waals surface area contributed by atoms with E-state index in [4.69, 9.17) is 4.74 Å². The van der Waals surface area contributed by atoms with Gasteiger partial charge in [0.1, 0.15) is 5.82 Å². The van der Waals surface area contributed by atoms with Gasteiger partial charge >= 0.3 is 0 Å². The molecule has 1 unspecified atom stereocenters. The van der Waals surface area contributed by atoms with Crippen molar-refractivity contribution in [1.82, 2.24) is 4.98 Å². The van der Waals surface area contributed by atoms with E-state index in [0.717, 1.165) is 43.5 Å². The Morgan fingerprint density at radius 1 is 1.27 bits per heavy atom. The predicted octanol–water partition coefficient (Wildman–Crippen LogP) is 2.98. The second-order valence-corrected chi connectivity index (χ2v) is 5.84. The summed E-state index contributed by atoms with van der Waals surface area (Å²) in [5, 5.41) is 6.94. The highest BCUT2D eigenvalue weighted by atomic mass is 16.5. The number of rotatable bonds is 1. The molecule has 0 spiro atoms. The van der Waals surface area contributed by atoms with Crippen molar-refractivity contribution in [3.8, 4) is 0 Å². The number of morpholine rings is 1. The molecule has 1 saturated heterocycles. The van der Waals surface area contributed by atoms with Crippen molar-refractivity contribution < 1.29 is 4.74 Å². The molecule has 1 aromatic heterocycles. The smallest absolute Gasteiger partial charge is 0.135 e. The summed E-state index contributed by atoms with van der Waals surface area (Å²) < 4.78 is 5.53. The van der Waals surface area contributed by atoms with Crippen LogP contribution in [-0.4, -0.2) is 30.8 Å². The van der Waals surface area contributed by atoms with Gasteiger partial charge in [-0.15, -0.1) is 0 Å². The van der Waals surface area contributed by atoms with Crippen LogP contribution in [0, 0.1) is 0 Å². The van der Waals surface area contributed by atoms with Gasteiger partial charge in [0.25, 0.3) is 0 Å². The molecular formula is C17H20N4O. The summed E-state index contributed by atoms with van der Waals surface area (Å²) >= 11 is 0. The first kappa shape index (κ1) is 13.4. The lowest BCUT2D eigenvalue weighted by Crippen LogP contribution is -2.43. The maximum Gasteiger partial charge on any atom is 0.135 e. The SMILES string of the molecule is CC1COCCN1c1ccc2c(c1)NCc1cccnc1N2. The molecule has 0 bridgehead atoms. The van der Waals surface area contributed by atoms with E-state index in [1.54, 1.807) is 0 Å². The molecule has 2 aliphatic rings. The zero-order valence-corrected chi connectivity index (χ0v) is 12.7. The Hall–Kier alpha value is -2.27. The fourth-order valence-electron chi connectivity index (χ4n) is 3.09. The van der Waals surface area contributed by atoms with Crippen LogP contribution >= 0.6 is 0 Å². The first-order chi connectivity index (χ1) is 10.8. The minimum Gasteiger partial charge on any atom is -0.379 e. The molecule has 1 aromatic carbocycles. The third-order valence-corrected chi connectivity index (χ3v) is 4.32. The molecule has 22 heavy (non-hydrogen) atoms. The van der Waals surface area contributed by atoms with Crippen molar-refractivity contribution in [1.29, 1.82) is 0 Å². The van der Waals surface area contributed by atoms with Gasteiger partial charge in [-0.25, -0.2) is 4.98 Å². The molecule has 1 fully saturated rings. The van der Waals surface area contributed by atoms with Gasteiger partial charge in [0.05, 0.1) is 24.6 Å². The first-order valence-corrected chi connectivity index (χ1v) is 7.74. The van der Waals surface area contributed by atoms with Crippen molar-refractivity contribution in [3.05, 3.63) is 42.1 Å². The summed E-state index contributed by atoms with van der Waals surface area (Å²) in [6.45, 7) is 5.51. The minimum atomic E-state index is 0.407. The van der Waals surface area contributed by atoms with E-state index < -0.39 is 0 Å². The molecule has 4 rings (SSSR count). The van der Waals surface area contributed by atoms with Crippen LogP contribution in [0.25, 0.3) is 0 Å². The predicted molar refractivity (Wildman–Crippen MR) is 88.9 cm³/mol. The normalized spacial score (nSPS) is 20.2. The maximum absolute atomic E-state index is 5.53. The number of pyridine rings is 1. The molecule has 0 saturated carbocycles. The Balaban J connectivity index is 1.65. The number of benzene rings is 1. The number of hydrogen-bond acceptors (Lipinski definition) is 5. The Kier molecular flexibility index (Phi) is 3.35. The Morgan fingerprint density at radius 3 is 3.14 bits per heavy atom. The number of ether oxygens (including phenoxy) is 1. The highest BCUT2D eigenvalue weighted by molar-refractivity contribution is 5.80. The van der Waals surface area contributed by atoms with Crippen LogP contribution < -0.4 is 15.5 Å². The van der Waals surface area contributed by atoms with E-state index in [1.165, 1.54) is 11.3 Å². The average molecular weight is 296 g/mol. The molecule has 5 nitrogen and oxygen atoms in total. The van der Waals surface area contributed by atoms with Gasteiger partial charge < -0.3 is 20.3 Å². The first-order valence-electron chi connectivity index (χ1n) is 7.74. The molecule has 2 aliphatic heterocycles. The number of nitrogens with one attached hydrogen (secondary N) is 2. The number of anilines is 4. The number of hydrogen-bond donors (Lipinski definition) is 2. The van der Waals surface area contributed by atoms with E-state index in [1.807, 2.05) is 12.3 Å². The molecule has 2 N–H and O–H groups in total. The zero-order chi connectivity index (χ0) is 14.9. The minimum absolute atomic E-state index is 0.407. The second kappa shape index (κ2) is 5.50. The summed E-state index contributed by atoms with van der Waals surface area (Å²) in [4.78, 5) is 6.83. The summed E-state index contributed by atoms with van der Waals surface area (Å²) in [6, 6.07) is 11.0. The van der Waals surface area contributed by atoms with Gasteiger partial charge in [0.2, 0.25) is 0 Å². The Morgan fingerprint density at radius 2 is 2.23 bits per heavy atom. The van der Waals surface area contributed by atoms with Crippen molar-refractivity contribution in [2.24, 2.45) is 0 Å². The molecule has 5 heteroatoms. The highest BCUT2D eigenvalue weighted by Gasteiger charge is 2.21. The summed E-state index contributed by atoms with van der Waals surface area (Å²) in [6.07, 6.45) is 1.82. The molecule has 2 aromatic rings. The third-order valence-electron chi connectivity index (χ3n) is 4.32. The van der Waals surface area contributed by atoms with Crippen molar-refractivity contribution in [2.75, 3.05) is 35.3 Å². The van der Waals surface area contributed by atoms with Gasteiger partial charge in [-0.1, -0.05) is 6.07 Å². The van der Waals surface area contributed by atoms with Gasteiger partial charge in [0, 0.05) is 36.6 Å². The second-order valence-electron chi connectivity index (χ2n) is 5.84. The molecule has 114 valence electrons. The van der Waals surface area contributed by atoms with Crippen molar-refractivity contribution in [2.45, 2.75) is 19.5 Å². The highest BCUT2D eigenvalue weighted by Crippen LogP contribution is 2.34. The monoisotopic (exact) mass is 296 g/mol. The zero-order valence-electron chi connectivity index (χ0n) is 12.7. The quantitative estimate of drug-likeness (QED) is 0.847. The molecule has 0 amide bonds. The number of aromatic nitrogens is 1. The fraction of sp³-hybridized carbons (Fsp3) is 0.353. The molecule has 0 radical (unpaired) electrons. The van der Waals surface area contributed by atoms with E-state index >= 15 is 0 Å². The Labute approximate surface area is 130 Å². The summed E-state index contributed by atoms with van der Waals surface area (Å²) in [5.41, 5.74) is 4.61. The van der Waals surface area contributed by atoms with Crippen LogP contribution in [0.1, 0.15) is 12.5 Å². The van der Waals surface area contributed by atoms with Crippen molar-refractivity contribution >= 4 is 22.9 Å². The lowest BCUT2D eigenvalue weighted by atomic mass is 10.1. The third kappa shape index (κ3) is 2.37. The lowest BCUT2D eigenvalue weighted by Gasteiger charge is -2.35. The van der Waals surface area contributed by atoms with Gasteiger partial charge in [-0.05, 0) is 31.2 Å². The van der Waals surface area contributed by atoms with Crippen LogP contribution in [-0.2, 0) is 11.3 Å².